The number of anilines is 2. The van der Waals surface area contributed by atoms with Gasteiger partial charge >= 0.3 is 0 Å². The molecule has 3 heterocycles. The fourth-order valence-corrected chi connectivity index (χ4v) is 24.8. The number of ether oxygens (including phenoxy) is 1. The third kappa shape index (κ3) is 6.20. The van der Waals surface area contributed by atoms with Crippen molar-refractivity contribution >= 4 is 91.0 Å². The van der Waals surface area contributed by atoms with E-state index in [0.29, 0.717) is 0 Å². The number of furan rings is 1. The number of rotatable bonds is 7. The van der Waals surface area contributed by atoms with Gasteiger partial charge in [0.2, 0.25) is 0 Å². The molecular weight excluding hydrogens is 895 g/mol. The molecule has 0 radical (unpaired) electrons. The summed E-state index contributed by atoms with van der Waals surface area (Å²) >= 11 is 0. The fraction of sp³-hybridized carbons (Fsp3) is 0.0303. The second kappa shape index (κ2) is 16.6. The Hall–Kier alpha value is -8.49. The number of nitrogens with zero attached hydrogens (tertiary/aromatic N) is 1. The van der Waals surface area contributed by atoms with Crippen molar-refractivity contribution in [2.75, 3.05) is 4.90 Å². The largest absolute Gasteiger partial charge is 0.456 e. The zero-order chi connectivity index (χ0) is 46.9. The first kappa shape index (κ1) is 41.5. The lowest BCUT2D eigenvalue weighted by Crippen LogP contribution is -2.93. The highest BCUT2D eigenvalue weighted by Crippen LogP contribution is 2.47. The van der Waals surface area contributed by atoms with Gasteiger partial charge in [0, 0.05) is 17.0 Å². The number of hydrogen-bond acceptors (Lipinski definition) is 3. The Bertz CT molecular complexity index is 3810. The first-order valence-corrected chi connectivity index (χ1v) is 28.7. The van der Waals surface area contributed by atoms with Gasteiger partial charge < -0.3 is 14.1 Å². The van der Waals surface area contributed by atoms with Crippen molar-refractivity contribution in [3.05, 3.63) is 278 Å². The number of fused-ring (bicyclic) bond motifs is 11. The Labute approximate surface area is 415 Å². The van der Waals surface area contributed by atoms with E-state index in [-0.39, 0.29) is 5.92 Å². The number of benzene rings is 10. The SMILES string of the molecule is C1=CC(c2ccc(-c3ccccc3)cc2)CC=C1N(c1cccc2c1Oc1ccccc1[Si]21c2ccccc2[Si](c2ccccc2)(c2ccccc2)c2ccccc21)c1cccc2oc3ccccc3c12. The average molecular weight is 942 g/mol. The Morgan fingerprint density at radius 1 is 0.408 bits per heavy atom. The van der Waals surface area contributed by atoms with Gasteiger partial charge in [-0.25, -0.2) is 0 Å². The molecule has 14 rings (SSSR count). The molecule has 5 heteroatoms. The van der Waals surface area contributed by atoms with Crippen molar-refractivity contribution in [2.24, 2.45) is 0 Å². The van der Waals surface area contributed by atoms with Crippen molar-refractivity contribution in [3.8, 4) is 22.6 Å². The van der Waals surface area contributed by atoms with Crippen LogP contribution in [0.1, 0.15) is 17.9 Å². The predicted octanol–water partition coefficient (Wildman–Crippen LogP) is 11.2. The molecule has 0 saturated carbocycles. The third-order valence-corrected chi connectivity index (χ3v) is 25.7. The summed E-state index contributed by atoms with van der Waals surface area (Å²) in [4.78, 5) is 2.46. The number of hydrogen-bond donors (Lipinski definition) is 0. The minimum atomic E-state index is -3.18. The van der Waals surface area contributed by atoms with Crippen molar-refractivity contribution in [1.82, 2.24) is 0 Å². The van der Waals surface area contributed by atoms with Crippen LogP contribution in [0.4, 0.5) is 11.4 Å². The Morgan fingerprint density at radius 2 is 0.930 bits per heavy atom. The molecule has 0 fully saturated rings. The molecule has 0 amide bonds. The van der Waals surface area contributed by atoms with E-state index in [2.05, 4.69) is 272 Å². The van der Waals surface area contributed by atoms with E-state index in [4.69, 9.17) is 9.15 Å². The molecule has 3 nitrogen and oxygen atoms in total. The number of para-hydroxylation sites is 3. The lowest BCUT2D eigenvalue weighted by atomic mass is 9.90. The second-order valence-corrected chi connectivity index (χ2v) is 26.4. The summed E-state index contributed by atoms with van der Waals surface area (Å²) in [5, 5.41) is 13.2. The quantitative estimate of drug-likeness (QED) is 0.149. The first-order chi connectivity index (χ1) is 35.2. The Kier molecular flexibility index (Phi) is 9.69. The van der Waals surface area contributed by atoms with Crippen LogP contribution in [0.3, 0.4) is 0 Å². The molecular formula is C66H47NO2Si2. The maximum atomic E-state index is 7.53. The summed E-state index contributed by atoms with van der Waals surface area (Å²) in [7, 11) is -6.07. The maximum absolute atomic E-state index is 7.53. The van der Waals surface area contributed by atoms with E-state index in [1.54, 1.807) is 0 Å². The van der Waals surface area contributed by atoms with Gasteiger partial charge in [0.1, 0.15) is 16.9 Å². The molecule has 1 unspecified atom stereocenters. The van der Waals surface area contributed by atoms with Gasteiger partial charge in [0.25, 0.3) is 0 Å². The monoisotopic (exact) mass is 941 g/mol. The second-order valence-electron chi connectivity index (χ2n) is 19.0. The van der Waals surface area contributed by atoms with Crippen LogP contribution in [0.2, 0.25) is 0 Å². The highest BCUT2D eigenvalue weighted by Gasteiger charge is 2.59. The summed E-state index contributed by atoms with van der Waals surface area (Å²) in [5.74, 6) is 2.04. The van der Waals surface area contributed by atoms with Gasteiger partial charge in [-0.3, -0.25) is 0 Å². The highest BCUT2D eigenvalue weighted by molar-refractivity contribution is 7.33. The molecule has 1 atom stereocenters. The summed E-state index contributed by atoms with van der Waals surface area (Å²) in [6, 6.07) is 92.2. The van der Waals surface area contributed by atoms with Crippen LogP contribution in [-0.2, 0) is 0 Å². The van der Waals surface area contributed by atoms with Crippen molar-refractivity contribution in [3.63, 3.8) is 0 Å². The molecule has 10 aromatic carbocycles. The van der Waals surface area contributed by atoms with E-state index in [1.807, 2.05) is 0 Å². The lowest BCUT2D eigenvalue weighted by Gasteiger charge is -2.50. The van der Waals surface area contributed by atoms with Gasteiger partial charge in [-0.1, -0.05) is 231 Å². The molecule has 71 heavy (non-hydrogen) atoms. The zero-order valence-electron chi connectivity index (χ0n) is 39.0. The molecule has 3 aliphatic rings. The topological polar surface area (TPSA) is 25.6 Å². The van der Waals surface area contributed by atoms with Crippen LogP contribution in [0.15, 0.2) is 277 Å². The minimum absolute atomic E-state index is 0.230. The fourth-order valence-electron chi connectivity index (χ4n) is 12.5. The summed E-state index contributed by atoms with van der Waals surface area (Å²) in [6.45, 7) is 0. The smallest absolute Gasteiger partial charge is 0.188 e. The minimum Gasteiger partial charge on any atom is -0.456 e. The summed E-state index contributed by atoms with van der Waals surface area (Å²) < 4.78 is 14.1. The third-order valence-electron chi connectivity index (χ3n) is 15.4. The van der Waals surface area contributed by atoms with Gasteiger partial charge in [0.05, 0.1) is 16.8 Å². The maximum Gasteiger partial charge on any atom is 0.188 e. The molecule has 0 saturated heterocycles. The van der Waals surface area contributed by atoms with Crippen LogP contribution in [0, 0.1) is 0 Å². The lowest BCUT2D eigenvalue weighted by molar-refractivity contribution is 0.488. The Morgan fingerprint density at radius 3 is 1.59 bits per heavy atom. The van der Waals surface area contributed by atoms with Gasteiger partial charge in [0.15, 0.2) is 21.9 Å². The van der Waals surface area contributed by atoms with Gasteiger partial charge in [-0.05, 0) is 101 Å². The van der Waals surface area contributed by atoms with E-state index in [1.165, 1.54) is 58.2 Å². The van der Waals surface area contributed by atoms with Crippen molar-refractivity contribution in [2.45, 2.75) is 12.3 Å². The van der Waals surface area contributed by atoms with Crippen LogP contribution < -0.4 is 51.1 Å². The van der Waals surface area contributed by atoms with Crippen LogP contribution in [0.5, 0.6) is 11.5 Å². The van der Waals surface area contributed by atoms with Crippen LogP contribution in [-0.4, -0.2) is 16.1 Å². The molecule has 2 aliphatic heterocycles. The molecule has 0 bridgehead atoms. The van der Waals surface area contributed by atoms with E-state index >= 15 is 0 Å². The summed E-state index contributed by atoms with van der Waals surface area (Å²) in [5.41, 5.74) is 8.62. The zero-order valence-corrected chi connectivity index (χ0v) is 41.0. The van der Waals surface area contributed by atoms with E-state index in [0.717, 1.165) is 56.9 Å². The molecule has 336 valence electrons. The first-order valence-electron chi connectivity index (χ1n) is 24.7. The molecule has 1 aliphatic carbocycles. The molecule has 11 aromatic rings. The number of allylic oxidation sites excluding steroid dienone is 3. The molecule has 0 N–H and O–H groups in total. The summed E-state index contributed by atoms with van der Waals surface area (Å²) in [6.07, 6.45) is 7.99. The standard InChI is InChI=1S/C66H47NO2Si2/c1-4-20-46(21-5-1)47-38-40-48(41-39-47)49-42-44-50(45-43-49)67(54-27-18-31-58-65(54)53-26-10-11-29-56(53)68-58)55-28-19-37-64-66(55)69-57-30-12-13-32-59(57)71(64)62-35-16-14-33-60(62)70(51-22-6-2-7-23-51,52-24-8-3-9-25-52)61-34-15-17-36-63(61)71/h1-42,44-45,49H,43H2. The Balaban J connectivity index is 1.01. The van der Waals surface area contributed by atoms with Gasteiger partial charge in [-0.15, -0.1) is 0 Å². The van der Waals surface area contributed by atoms with Crippen LogP contribution >= 0.6 is 0 Å². The predicted molar refractivity (Wildman–Crippen MR) is 300 cm³/mol. The van der Waals surface area contributed by atoms with E-state index < -0.39 is 16.1 Å². The molecule has 1 aromatic heterocycles. The van der Waals surface area contributed by atoms with E-state index in [9.17, 15) is 0 Å². The molecule has 1 spiro atoms. The normalized spacial score (nSPS) is 15.8. The van der Waals surface area contributed by atoms with Crippen molar-refractivity contribution < 1.29 is 9.15 Å². The average Bonchev–Trinajstić information content (AvgIpc) is 3.84. The van der Waals surface area contributed by atoms with Crippen molar-refractivity contribution in [1.29, 1.82) is 0 Å². The van der Waals surface area contributed by atoms with Gasteiger partial charge in [-0.2, -0.15) is 0 Å². The van der Waals surface area contributed by atoms with Crippen LogP contribution in [0.25, 0.3) is 33.1 Å². The highest BCUT2D eigenvalue weighted by atomic mass is 28.3.